The number of halogens is 1. The number of anilines is 1. The molecule has 6 nitrogen and oxygen atoms in total. The molecule has 0 saturated carbocycles. The highest BCUT2D eigenvalue weighted by molar-refractivity contribution is 7.16. The lowest BCUT2D eigenvalue weighted by molar-refractivity contribution is -0.121. The SMILES string of the molecule is NC(=O)C1COCCN1c1nc(Cl)nc2sccc12. The zero-order valence-corrected chi connectivity index (χ0v) is 11.4. The third kappa shape index (κ3) is 2.24. The van der Waals surface area contributed by atoms with Crippen molar-refractivity contribution in [2.75, 3.05) is 24.7 Å². The molecule has 100 valence electrons. The van der Waals surface area contributed by atoms with Crippen molar-refractivity contribution in [2.24, 2.45) is 5.73 Å². The fourth-order valence-electron chi connectivity index (χ4n) is 2.13. The number of nitrogens with two attached hydrogens (primary N) is 1. The monoisotopic (exact) mass is 298 g/mol. The van der Waals surface area contributed by atoms with E-state index in [1.165, 1.54) is 11.3 Å². The summed E-state index contributed by atoms with van der Waals surface area (Å²) in [6.45, 7) is 1.34. The van der Waals surface area contributed by atoms with Gasteiger partial charge in [0.2, 0.25) is 11.2 Å². The van der Waals surface area contributed by atoms with Crippen LogP contribution in [0.3, 0.4) is 0 Å². The summed E-state index contributed by atoms with van der Waals surface area (Å²) in [4.78, 5) is 22.6. The van der Waals surface area contributed by atoms with Crippen LogP contribution in [0.15, 0.2) is 11.4 Å². The highest BCUT2D eigenvalue weighted by atomic mass is 35.5. The van der Waals surface area contributed by atoms with Crippen molar-refractivity contribution < 1.29 is 9.53 Å². The fourth-order valence-corrected chi connectivity index (χ4v) is 3.10. The number of nitrogens with zero attached hydrogens (tertiary/aromatic N) is 3. The lowest BCUT2D eigenvalue weighted by Crippen LogP contribution is -2.53. The Bertz CT molecular complexity index is 632. The van der Waals surface area contributed by atoms with E-state index < -0.39 is 11.9 Å². The maximum Gasteiger partial charge on any atom is 0.242 e. The van der Waals surface area contributed by atoms with Crippen LogP contribution in [0, 0.1) is 0 Å². The van der Waals surface area contributed by atoms with Gasteiger partial charge in [-0.2, -0.15) is 4.98 Å². The summed E-state index contributed by atoms with van der Waals surface area (Å²) in [6.07, 6.45) is 0. The van der Waals surface area contributed by atoms with Gasteiger partial charge in [-0.05, 0) is 23.0 Å². The second-order valence-corrected chi connectivity index (χ2v) is 5.37. The average molecular weight is 299 g/mol. The molecule has 19 heavy (non-hydrogen) atoms. The second kappa shape index (κ2) is 4.92. The van der Waals surface area contributed by atoms with E-state index in [1.807, 2.05) is 16.3 Å². The minimum absolute atomic E-state index is 0.166. The molecule has 0 radical (unpaired) electrons. The first-order valence-corrected chi connectivity index (χ1v) is 6.97. The van der Waals surface area contributed by atoms with E-state index in [2.05, 4.69) is 9.97 Å². The maximum atomic E-state index is 11.5. The summed E-state index contributed by atoms with van der Waals surface area (Å²) < 4.78 is 5.30. The van der Waals surface area contributed by atoms with Crippen LogP contribution >= 0.6 is 22.9 Å². The largest absolute Gasteiger partial charge is 0.377 e. The first kappa shape index (κ1) is 12.6. The first-order valence-electron chi connectivity index (χ1n) is 5.71. The van der Waals surface area contributed by atoms with Gasteiger partial charge in [-0.15, -0.1) is 11.3 Å². The molecule has 0 bridgehead atoms. The summed E-state index contributed by atoms with van der Waals surface area (Å²) in [7, 11) is 0. The first-order chi connectivity index (χ1) is 9.16. The van der Waals surface area contributed by atoms with Crippen molar-refractivity contribution in [3.05, 3.63) is 16.7 Å². The number of carbonyl (C=O) groups is 1. The number of aromatic nitrogens is 2. The van der Waals surface area contributed by atoms with Gasteiger partial charge in [-0.1, -0.05) is 0 Å². The molecule has 0 aliphatic carbocycles. The predicted molar refractivity (Wildman–Crippen MR) is 73.6 cm³/mol. The van der Waals surface area contributed by atoms with E-state index in [0.29, 0.717) is 19.0 Å². The number of carbonyl (C=O) groups excluding carboxylic acids is 1. The number of hydrogen-bond donors (Lipinski definition) is 1. The molecule has 1 unspecified atom stereocenters. The molecular weight excluding hydrogens is 288 g/mol. The van der Waals surface area contributed by atoms with Gasteiger partial charge in [0.05, 0.1) is 18.6 Å². The summed E-state index contributed by atoms with van der Waals surface area (Å²) in [5.74, 6) is 0.209. The molecule has 1 fully saturated rings. The number of ether oxygens (including phenoxy) is 1. The molecule has 2 aromatic rings. The Morgan fingerprint density at radius 2 is 2.42 bits per heavy atom. The third-order valence-electron chi connectivity index (χ3n) is 3.01. The lowest BCUT2D eigenvalue weighted by atomic mass is 10.2. The standard InChI is InChI=1S/C11H11ClN4O2S/c12-11-14-9(6-1-4-19-10(6)15-11)16-2-3-18-5-7(16)8(13)17/h1,4,7H,2-3,5H2,(H2,13,17). The summed E-state index contributed by atoms with van der Waals surface area (Å²) in [5, 5.41) is 2.96. The van der Waals surface area contributed by atoms with Crippen LogP contribution in [-0.4, -0.2) is 41.7 Å². The Labute approximate surface area is 118 Å². The molecule has 0 spiro atoms. The van der Waals surface area contributed by atoms with Gasteiger partial charge in [0, 0.05) is 6.54 Å². The van der Waals surface area contributed by atoms with Crippen molar-refractivity contribution in [3.63, 3.8) is 0 Å². The molecule has 1 atom stereocenters. The molecule has 2 aromatic heterocycles. The third-order valence-corrected chi connectivity index (χ3v) is 3.98. The van der Waals surface area contributed by atoms with E-state index in [-0.39, 0.29) is 11.9 Å². The van der Waals surface area contributed by atoms with Gasteiger partial charge >= 0.3 is 0 Å². The summed E-state index contributed by atoms with van der Waals surface area (Å²) in [6, 6.07) is 1.39. The van der Waals surface area contributed by atoms with Crippen molar-refractivity contribution in [2.45, 2.75) is 6.04 Å². The molecule has 1 aliphatic rings. The molecule has 1 amide bonds. The van der Waals surface area contributed by atoms with Gasteiger partial charge < -0.3 is 15.4 Å². The van der Waals surface area contributed by atoms with Gasteiger partial charge in [0.25, 0.3) is 0 Å². The summed E-state index contributed by atoms with van der Waals surface area (Å²) >= 11 is 7.42. The predicted octanol–water partition coefficient (Wildman–Crippen LogP) is 1.04. The fraction of sp³-hybridized carbons (Fsp3) is 0.364. The van der Waals surface area contributed by atoms with Crippen molar-refractivity contribution in [1.29, 1.82) is 0 Å². The van der Waals surface area contributed by atoms with Crippen molar-refractivity contribution >= 4 is 44.9 Å². The Morgan fingerprint density at radius 3 is 3.21 bits per heavy atom. The molecule has 8 heteroatoms. The number of rotatable bonds is 2. The normalized spacial score (nSPS) is 19.8. The Balaban J connectivity index is 2.11. The quantitative estimate of drug-likeness (QED) is 0.838. The molecule has 3 heterocycles. The number of primary amides is 1. The second-order valence-electron chi connectivity index (χ2n) is 4.14. The van der Waals surface area contributed by atoms with E-state index in [0.717, 1.165) is 10.2 Å². The zero-order valence-electron chi connectivity index (χ0n) is 9.88. The van der Waals surface area contributed by atoms with Crippen LogP contribution in [0.25, 0.3) is 10.2 Å². The van der Waals surface area contributed by atoms with Gasteiger partial charge in [0.15, 0.2) is 0 Å². The minimum Gasteiger partial charge on any atom is -0.377 e. The molecule has 2 N–H and O–H groups in total. The van der Waals surface area contributed by atoms with Crippen LogP contribution in [0.1, 0.15) is 0 Å². The highest BCUT2D eigenvalue weighted by Crippen LogP contribution is 2.30. The smallest absolute Gasteiger partial charge is 0.242 e. The molecular formula is C11H11ClN4O2S. The minimum atomic E-state index is -0.525. The number of amides is 1. The Kier molecular flexibility index (Phi) is 3.26. The van der Waals surface area contributed by atoms with Gasteiger partial charge in [-0.25, -0.2) is 4.98 Å². The average Bonchev–Trinajstić information content (AvgIpc) is 2.85. The Morgan fingerprint density at radius 1 is 1.58 bits per heavy atom. The molecule has 0 aromatic carbocycles. The number of fused-ring (bicyclic) bond motifs is 1. The van der Waals surface area contributed by atoms with Gasteiger partial charge in [-0.3, -0.25) is 4.79 Å². The molecule has 3 rings (SSSR count). The van der Waals surface area contributed by atoms with Gasteiger partial charge in [0.1, 0.15) is 16.7 Å². The van der Waals surface area contributed by atoms with E-state index in [1.54, 1.807) is 0 Å². The Hall–Kier alpha value is -1.44. The van der Waals surface area contributed by atoms with Crippen LogP contribution in [0.4, 0.5) is 5.82 Å². The van der Waals surface area contributed by atoms with E-state index in [9.17, 15) is 4.79 Å². The summed E-state index contributed by atoms with van der Waals surface area (Å²) in [5.41, 5.74) is 5.42. The van der Waals surface area contributed by atoms with E-state index in [4.69, 9.17) is 22.1 Å². The van der Waals surface area contributed by atoms with E-state index >= 15 is 0 Å². The number of morpholine rings is 1. The lowest BCUT2D eigenvalue weighted by Gasteiger charge is -2.34. The van der Waals surface area contributed by atoms with Crippen molar-refractivity contribution in [3.8, 4) is 0 Å². The number of thiophene rings is 1. The van der Waals surface area contributed by atoms with Crippen LogP contribution in [-0.2, 0) is 9.53 Å². The van der Waals surface area contributed by atoms with Crippen molar-refractivity contribution in [1.82, 2.24) is 9.97 Å². The number of hydrogen-bond acceptors (Lipinski definition) is 6. The zero-order chi connectivity index (χ0) is 13.4. The topological polar surface area (TPSA) is 81.3 Å². The van der Waals surface area contributed by atoms with Crippen LogP contribution < -0.4 is 10.6 Å². The van der Waals surface area contributed by atoms with Crippen LogP contribution in [0.2, 0.25) is 5.28 Å². The highest BCUT2D eigenvalue weighted by Gasteiger charge is 2.30. The molecule has 1 saturated heterocycles. The van der Waals surface area contributed by atoms with Crippen LogP contribution in [0.5, 0.6) is 0 Å². The molecule has 1 aliphatic heterocycles. The maximum absolute atomic E-state index is 11.5.